The van der Waals surface area contributed by atoms with Gasteiger partial charge in [-0.1, -0.05) is 0 Å². The largest absolute Gasteiger partial charge is 0.299 e. The topological polar surface area (TPSA) is 17.1 Å². The first kappa shape index (κ1) is 10.2. The molecule has 0 aliphatic carbocycles. The molecule has 1 aromatic heterocycles. The number of Topliss-reactive ketones (excluding diaryl/α,β-unsaturated/α-hetero) is 1. The van der Waals surface area contributed by atoms with Crippen LogP contribution in [-0.4, -0.2) is 17.3 Å². The molecule has 0 aromatic carbocycles. The van der Waals surface area contributed by atoms with Crippen LogP contribution in [0.1, 0.15) is 18.4 Å². The first-order valence-electron chi connectivity index (χ1n) is 4.98. The van der Waals surface area contributed by atoms with Crippen molar-refractivity contribution in [2.45, 2.75) is 19.3 Å². The van der Waals surface area contributed by atoms with Gasteiger partial charge in [-0.15, -0.1) is 0 Å². The van der Waals surface area contributed by atoms with Crippen molar-refractivity contribution in [3.05, 3.63) is 22.4 Å². The molecule has 0 bridgehead atoms. The van der Waals surface area contributed by atoms with Crippen LogP contribution >= 0.6 is 23.1 Å². The molecule has 0 spiro atoms. The zero-order valence-electron chi connectivity index (χ0n) is 8.07. The van der Waals surface area contributed by atoms with Gasteiger partial charge in [0.05, 0.1) is 0 Å². The maximum Gasteiger partial charge on any atom is 0.137 e. The fourth-order valence-corrected chi connectivity index (χ4v) is 3.65. The highest BCUT2D eigenvalue weighted by Crippen LogP contribution is 2.25. The summed E-state index contributed by atoms with van der Waals surface area (Å²) in [6.07, 6.45) is 2.78. The Morgan fingerprint density at radius 3 is 3.14 bits per heavy atom. The second-order valence-electron chi connectivity index (χ2n) is 3.66. The Labute approximate surface area is 92.9 Å². The molecule has 14 heavy (non-hydrogen) atoms. The highest BCUT2D eigenvalue weighted by atomic mass is 32.2. The van der Waals surface area contributed by atoms with E-state index in [9.17, 15) is 4.79 Å². The number of carbonyl (C=O) groups is 1. The molecule has 1 saturated heterocycles. The van der Waals surface area contributed by atoms with E-state index in [2.05, 4.69) is 16.8 Å². The number of ketones is 1. The lowest BCUT2D eigenvalue weighted by Crippen LogP contribution is -2.13. The summed E-state index contributed by atoms with van der Waals surface area (Å²) in [4.78, 5) is 11.7. The fraction of sp³-hybridized carbons (Fsp3) is 0.545. The summed E-state index contributed by atoms with van der Waals surface area (Å²) in [6, 6.07) is 2.11. The van der Waals surface area contributed by atoms with E-state index in [1.165, 1.54) is 11.3 Å². The summed E-state index contributed by atoms with van der Waals surface area (Å²) in [6.45, 7) is 0. The molecule has 76 valence electrons. The molecule has 1 nitrogen and oxygen atoms in total. The van der Waals surface area contributed by atoms with E-state index in [1.807, 2.05) is 11.8 Å². The van der Waals surface area contributed by atoms with E-state index < -0.39 is 0 Å². The average molecular weight is 226 g/mol. The van der Waals surface area contributed by atoms with Gasteiger partial charge < -0.3 is 0 Å². The van der Waals surface area contributed by atoms with Crippen molar-refractivity contribution in [1.29, 1.82) is 0 Å². The lowest BCUT2D eigenvalue weighted by molar-refractivity contribution is -0.122. The first-order valence-corrected chi connectivity index (χ1v) is 7.07. The summed E-state index contributed by atoms with van der Waals surface area (Å²) in [5.74, 6) is 3.07. The Morgan fingerprint density at radius 2 is 2.50 bits per heavy atom. The van der Waals surface area contributed by atoms with Crippen molar-refractivity contribution < 1.29 is 4.79 Å². The van der Waals surface area contributed by atoms with Crippen LogP contribution in [-0.2, 0) is 11.2 Å². The predicted molar refractivity (Wildman–Crippen MR) is 63.1 cm³/mol. The van der Waals surface area contributed by atoms with Crippen LogP contribution in [0.4, 0.5) is 0 Å². The summed E-state index contributed by atoms with van der Waals surface area (Å²) in [5, 5.41) is 4.21. The SMILES string of the molecule is O=C(CCc1ccsc1)C1CCSC1. The number of thiophene rings is 1. The lowest BCUT2D eigenvalue weighted by atomic mass is 9.98. The van der Waals surface area contributed by atoms with Gasteiger partial charge >= 0.3 is 0 Å². The molecule has 0 N–H and O–H groups in total. The van der Waals surface area contributed by atoms with E-state index in [0.717, 1.165) is 25.0 Å². The van der Waals surface area contributed by atoms with E-state index in [0.29, 0.717) is 11.7 Å². The highest BCUT2D eigenvalue weighted by molar-refractivity contribution is 7.99. The number of aryl methyl sites for hydroxylation is 1. The van der Waals surface area contributed by atoms with Gasteiger partial charge in [0, 0.05) is 18.1 Å². The third-order valence-electron chi connectivity index (χ3n) is 2.63. The predicted octanol–water partition coefficient (Wildman–Crippen LogP) is 3.00. The molecule has 1 unspecified atom stereocenters. The van der Waals surface area contributed by atoms with Crippen molar-refractivity contribution in [3.8, 4) is 0 Å². The van der Waals surface area contributed by atoms with Crippen molar-refractivity contribution in [3.63, 3.8) is 0 Å². The minimum Gasteiger partial charge on any atom is -0.299 e. The van der Waals surface area contributed by atoms with Crippen LogP contribution in [0.25, 0.3) is 0 Å². The van der Waals surface area contributed by atoms with Crippen LogP contribution in [0, 0.1) is 5.92 Å². The summed E-state index contributed by atoms with van der Waals surface area (Å²) in [7, 11) is 0. The maximum absolute atomic E-state index is 11.7. The number of rotatable bonds is 4. The van der Waals surface area contributed by atoms with Crippen LogP contribution in [0.3, 0.4) is 0 Å². The first-order chi connectivity index (χ1) is 6.86. The van der Waals surface area contributed by atoms with Crippen LogP contribution in [0.2, 0.25) is 0 Å². The molecule has 1 aliphatic heterocycles. The Balaban J connectivity index is 1.77. The molecule has 1 aliphatic rings. The molecule has 0 saturated carbocycles. The molecule has 3 heteroatoms. The van der Waals surface area contributed by atoms with Gasteiger partial charge in [0.1, 0.15) is 5.78 Å². The molecule has 1 aromatic rings. The van der Waals surface area contributed by atoms with Crippen LogP contribution in [0.5, 0.6) is 0 Å². The third-order valence-corrected chi connectivity index (χ3v) is 4.52. The van der Waals surface area contributed by atoms with E-state index in [1.54, 1.807) is 11.3 Å². The number of hydrogen-bond donors (Lipinski definition) is 0. The van der Waals surface area contributed by atoms with Crippen molar-refractivity contribution in [1.82, 2.24) is 0 Å². The van der Waals surface area contributed by atoms with Gasteiger partial charge in [-0.2, -0.15) is 23.1 Å². The second kappa shape index (κ2) is 4.99. The van der Waals surface area contributed by atoms with Gasteiger partial charge in [-0.25, -0.2) is 0 Å². The molecule has 0 amide bonds. The smallest absolute Gasteiger partial charge is 0.137 e. The van der Waals surface area contributed by atoms with Gasteiger partial charge in [0.2, 0.25) is 0 Å². The van der Waals surface area contributed by atoms with E-state index >= 15 is 0 Å². The van der Waals surface area contributed by atoms with Gasteiger partial charge in [-0.3, -0.25) is 4.79 Å². The van der Waals surface area contributed by atoms with Crippen LogP contribution < -0.4 is 0 Å². The standard InChI is InChI=1S/C11H14OS2/c12-11(10-4-6-14-8-10)2-1-9-3-5-13-7-9/h3,5,7,10H,1-2,4,6,8H2. The van der Waals surface area contributed by atoms with Gasteiger partial charge in [-0.05, 0) is 41.0 Å². The molecule has 2 heterocycles. The number of hydrogen-bond acceptors (Lipinski definition) is 3. The number of thioether (sulfide) groups is 1. The Bertz CT molecular complexity index is 286. The zero-order valence-corrected chi connectivity index (χ0v) is 9.70. The number of carbonyl (C=O) groups excluding carboxylic acids is 1. The summed E-state index contributed by atoms with van der Waals surface area (Å²) >= 11 is 3.62. The normalized spacial score (nSPS) is 21.3. The molecule has 0 radical (unpaired) electrons. The third kappa shape index (κ3) is 2.61. The highest BCUT2D eigenvalue weighted by Gasteiger charge is 2.22. The fourth-order valence-electron chi connectivity index (χ4n) is 1.70. The van der Waals surface area contributed by atoms with Crippen molar-refractivity contribution in [2.24, 2.45) is 5.92 Å². The second-order valence-corrected chi connectivity index (χ2v) is 5.59. The zero-order chi connectivity index (χ0) is 9.80. The lowest BCUT2D eigenvalue weighted by Gasteiger charge is -2.05. The quantitative estimate of drug-likeness (QED) is 0.785. The average Bonchev–Trinajstić information content (AvgIpc) is 2.87. The van der Waals surface area contributed by atoms with Crippen molar-refractivity contribution >= 4 is 28.9 Å². The molecule has 1 fully saturated rings. The summed E-state index contributed by atoms with van der Waals surface area (Å²) < 4.78 is 0. The molecule has 1 atom stereocenters. The Kier molecular flexibility index (Phi) is 3.65. The van der Waals surface area contributed by atoms with Crippen LogP contribution in [0.15, 0.2) is 16.8 Å². The minimum atomic E-state index is 0.360. The molecular weight excluding hydrogens is 212 g/mol. The van der Waals surface area contributed by atoms with Gasteiger partial charge in [0.25, 0.3) is 0 Å². The minimum absolute atomic E-state index is 0.360. The molecule has 2 rings (SSSR count). The monoisotopic (exact) mass is 226 g/mol. The summed E-state index contributed by atoms with van der Waals surface area (Å²) in [5.41, 5.74) is 1.31. The Hall–Kier alpha value is -0.280. The van der Waals surface area contributed by atoms with Crippen molar-refractivity contribution in [2.75, 3.05) is 11.5 Å². The Morgan fingerprint density at radius 1 is 1.57 bits per heavy atom. The van der Waals surface area contributed by atoms with E-state index in [-0.39, 0.29) is 0 Å². The molecular formula is C11H14OS2. The van der Waals surface area contributed by atoms with Gasteiger partial charge in [0.15, 0.2) is 0 Å². The van der Waals surface area contributed by atoms with E-state index in [4.69, 9.17) is 0 Å². The maximum atomic E-state index is 11.7.